The molecule has 0 spiro atoms. The first-order chi connectivity index (χ1) is 11.5. The summed E-state index contributed by atoms with van der Waals surface area (Å²) in [5.74, 6) is -1.28. The molecule has 1 aromatic rings. The third kappa shape index (κ3) is 3.63. The van der Waals surface area contributed by atoms with Gasteiger partial charge in [-0.05, 0) is 75.3 Å². The van der Waals surface area contributed by atoms with Gasteiger partial charge in [0.1, 0.15) is 0 Å². The van der Waals surface area contributed by atoms with E-state index in [1.165, 1.54) is 11.1 Å². The number of hydrogen-bond donors (Lipinski definition) is 2. The molecule has 3 rings (SSSR count). The molecule has 24 heavy (non-hydrogen) atoms. The summed E-state index contributed by atoms with van der Waals surface area (Å²) in [6, 6.07) is 8.31. The van der Waals surface area contributed by atoms with E-state index in [0.717, 1.165) is 64.2 Å². The first-order valence-electron chi connectivity index (χ1n) is 9.01. The summed E-state index contributed by atoms with van der Waals surface area (Å²) in [7, 11) is 0. The Kier molecular flexibility index (Phi) is 4.66. The zero-order valence-corrected chi connectivity index (χ0v) is 14.1. The average Bonchev–Trinajstić information content (AvgIpc) is 3.43. The van der Waals surface area contributed by atoms with E-state index in [1.807, 2.05) is 12.1 Å². The van der Waals surface area contributed by atoms with E-state index in [2.05, 4.69) is 12.1 Å². The van der Waals surface area contributed by atoms with Crippen molar-refractivity contribution in [3.8, 4) is 0 Å². The van der Waals surface area contributed by atoms with E-state index in [1.54, 1.807) is 0 Å². The van der Waals surface area contributed by atoms with Crippen molar-refractivity contribution in [2.45, 2.75) is 64.2 Å². The molecule has 0 amide bonds. The van der Waals surface area contributed by atoms with Crippen molar-refractivity contribution in [2.24, 2.45) is 10.8 Å². The first-order valence-corrected chi connectivity index (χ1v) is 9.01. The maximum absolute atomic E-state index is 11.2. The standard InChI is InChI=1S/C20H26O4/c21-17(22)19(11-12-19)9-3-7-15-5-1-2-6-16(15)8-4-10-20(13-14-20)18(23)24/h1-2,5-6H,3-4,7-14H2,(H,21,22)(H,23,24). The third-order valence-corrected chi connectivity index (χ3v) is 5.94. The molecule has 2 saturated carbocycles. The summed E-state index contributed by atoms with van der Waals surface area (Å²) in [5, 5.41) is 18.5. The van der Waals surface area contributed by atoms with Gasteiger partial charge in [-0.25, -0.2) is 0 Å². The topological polar surface area (TPSA) is 74.6 Å². The van der Waals surface area contributed by atoms with Gasteiger partial charge in [-0.3, -0.25) is 9.59 Å². The average molecular weight is 330 g/mol. The van der Waals surface area contributed by atoms with Gasteiger partial charge >= 0.3 is 11.9 Å². The van der Waals surface area contributed by atoms with E-state index in [4.69, 9.17) is 0 Å². The molecule has 0 aliphatic heterocycles. The number of benzene rings is 1. The fourth-order valence-corrected chi connectivity index (χ4v) is 3.72. The molecule has 0 bridgehead atoms. The van der Waals surface area contributed by atoms with Crippen molar-refractivity contribution in [3.63, 3.8) is 0 Å². The fourth-order valence-electron chi connectivity index (χ4n) is 3.72. The molecule has 0 atom stereocenters. The molecule has 4 nitrogen and oxygen atoms in total. The molecule has 0 saturated heterocycles. The van der Waals surface area contributed by atoms with Gasteiger partial charge in [0, 0.05) is 0 Å². The third-order valence-electron chi connectivity index (χ3n) is 5.94. The van der Waals surface area contributed by atoms with Gasteiger partial charge in [0.05, 0.1) is 10.8 Å². The molecular formula is C20H26O4. The van der Waals surface area contributed by atoms with Crippen LogP contribution < -0.4 is 0 Å². The Morgan fingerprint density at radius 1 is 0.792 bits per heavy atom. The number of aliphatic carboxylic acids is 2. The maximum Gasteiger partial charge on any atom is 0.309 e. The van der Waals surface area contributed by atoms with Crippen LogP contribution in [-0.4, -0.2) is 22.2 Å². The van der Waals surface area contributed by atoms with Crippen LogP contribution in [0.15, 0.2) is 24.3 Å². The lowest BCUT2D eigenvalue weighted by molar-refractivity contribution is -0.144. The highest BCUT2D eigenvalue weighted by molar-refractivity contribution is 5.78. The van der Waals surface area contributed by atoms with Crippen LogP contribution in [0.1, 0.15) is 62.5 Å². The van der Waals surface area contributed by atoms with Gasteiger partial charge in [-0.2, -0.15) is 0 Å². The zero-order valence-electron chi connectivity index (χ0n) is 14.1. The van der Waals surface area contributed by atoms with Crippen LogP contribution in [0.3, 0.4) is 0 Å². The summed E-state index contributed by atoms with van der Waals surface area (Å²) in [6.07, 6.45) is 8.44. The largest absolute Gasteiger partial charge is 0.481 e. The number of rotatable bonds is 10. The number of aryl methyl sites for hydroxylation is 2. The second kappa shape index (κ2) is 6.58. The van der Waals surface area contributed by atoms with Crippen molar-refractivity contribution >= 4 is 11.9 Å². The number of carboxylic acid groups (broad SMARTS) is 2. The highest BCUT2D eigenvalue weighted by Crippen LogP contribution is 2.50. The van der Waals surface area contributed by atoms with Crippen molar-refractivity contribution in [2.75, 3.05) is 0 Å². The van der Waals surface area contributed by atoms with Crippen LogP contribution in [0.4, 0.5) is 0 Å². The molecule has 0 radical (unpaired) electrons. The van der Waals surface area contributed by atoms with E-state index < -0.39 is 22.8 Å². The normalized spacial score (nSPS) is 19.7. The number of hydrogen-bond acceptors (Lipinski definition) is 2. The Labute approximate surface area is 142 Å². The van der Waals surface area contributed by atoms with Crippen LogP contribution in [-0.2, 0) is 22.4 Å². The van der Waals surface area contributed by atoms with E-state index in [0.29, 0.717) is 0 Å². The zero-order chi connectivity index (χ0) is 17.2. The van der Waals surface area contributed by atoms with Crippen molar-refractivity contribution < 1.29 is 19.8 Å². The van der Waals surface area contributed by atoms with Gasteiger partial charge in [-0.1, -0.05) is 24.3 Å². The number of carbonyl (C=O) groups is 2. The highest BCUT2D eigenvalue weighted by atomic mass is 16.4. The molecule has 4 heteroatoms. The summed E-state index contributed by atoms with van der Waals surface area (Å²) in [5.41, 5.74) is 1.71. The quantitative estimate of drug-likeness (QED) is 0.678. The van der Waals surface area contributed by atoms with Crippen LogP contribution in [0.5, 0.6) is 0 Å². The van der Waals surface area contributed by atoms with Crippen LogP contribution in [0.25, 0.3) is 0 Å². The second-order valence-electron chi connectivity index (χ2n) is 7.65. The van der Waals surface area contributed by atoms with E-state index >= 15 is 0 Å². The molecule has 130 valence electrons. The molecule has 2 N–H and O–H groups in total. The second-order valence-corrected chi connectivity index (χ2v) is 7.65. The summed E-state index contributed by atoms with van der Waals surface area (Å²) < 4.78 is 0. The van der Waals surface area contributed by atoms with E-state index in [9.17, 15) is 19.8 Å². The predicted octanol–water partition coefficient (Wildman–Crippen LogP) is 4.06. The lowest BCUT2D eigenvalue weighted by Gasteiger charge is -2.13. The lowest BCUT2D eigenvalue weighted by Crippen LogP contribution is -2.15. The van der Waals surface area contributed by atoms with Crippen molar-refractivity contribution in [1.82, 2.24) is 0 Å². The Morgan fingerprint density at radius 3 is 1.46 bits per heavy atom. The van der Waals surface area contributed by atoms with Crippen molar-refractivity contribution in [1.29, 1.82) is 0 Å². The molecular weight excluding hydrogens is 304 g/mol. The van der Waals surface area contributed by atoms with E-state index in [-0.39, 0.29) is 0 Å². The lowest BCUT2D eigenvalue weighted by atomic mass is 9.92. The van der Waals surface area contributed by atoms with Crippen molar-refractivity contribution in [3.05, 3.63) is 35.4 Å². The van der Waals surface area contributed by atoms with Gasteiger partial charge in [-0.15, -0.1) is 0 Å². The minimum Gasteiger partial charge on any atom is -0.481 e. The Bertz CT molecular complexity index is 571. The fraction of sp³-hybridized carbons (Fsp3) is 0.600. The summed E-state index contributed by atoms with van der Waals surface area (Å²) in [6.45, 7) is 0. The van der Waals surface area contributed by atoms with Crippen LogP contribution in [0.2, 0.25) is 0 Å². The molecule has 0 aromatic heterocycles. The molecule has 2 aliphatic carbocycles. The Morgan fingerprint density at radius 2 is 1.17 bits per heavy atom. The molecule has 0 unspecified atom stereocenters. The van der Waals surface area contributed by atoms with Gasteiger partial charge in [0.2, 0.25) is 0 Å². The summed E-state index contributed by atoms with van der Waals surface area (Å²) >= 11 is 0. The molecule has 1 aromatic carbocycles. The van der Waals surface area contributed by atoms with Crippen LogP contribution in [0, 0.1) is 10.8 Å². The van der Waals surface area contributed by atoms with Gasteiger partial charge in [0.25, 0.3) is 0 Å². The van der Waals surface area contributed by atoms with Gasteiger partial charge in [0.15, 0.2) is 0 Å². The smallest absolute Gasteiger partial charge is 0.309 e. The molecule has 0 heterocycles. The summed E-state index contributed by atoms with van der Waals surface area (Å²) in [4.78, 5) is 22.5. The monoisotopic (exact) mass is 330 g/mol. The SMILES string of the molecule is O=C(O)C1(CCCc2ccccc2CCCC2(C(=O)O)CC2)CC1. The van der Waals surface area contributed by atoms with Gasteiger partial charge < -0.3 is 10.2 Å². The minimum absolute atomic E-state index is 0.436. The number of carboxylic acids is 2. The predicted molar refractivity (Wildman–Crippen MR) is 90.9 cm³/mol. The Balaban J connectivity index is 1.50. The highest BCUT2D eigenvalue weighted by Gasteiger charge is 2.50. The Hall–Kier alpha value is -1.84. The minimum atomic E-state index is -0.640. The maximum atomic E-state index is 11.2. The molecule has 2 aliphatic rings. The first kappa shape index (κ1) is 17.0. The molecule has 2 fully saturated rings. The van der Waals surface area contributed by atoms with Crippen LogP contribution >= 0.6 is 0 Å².